The van der Waals surface area contributed by atoms with Gasteiger partial charge in [0.1, 0.15) is 6.04 Å². The molecule has 2 aromatic carbocycles. The first-order valence-corrected chi connectivity index (χ1v) is 8.02. The maximum absolute atomic E-state index is 13.3. The van der Waals surface area contributed by atoms with E-state index in [4.69, 9.17) is 4.74 Å². The highest BCUT2D eigenvalue weighted by Gasteiger charge is 2.24. The maximum atomic E-state index is 13.3. The fourth-order valence-corrected chi connectivity index (χ4v) is 2.52. The molecule has 8 heteroatoms. The van der Waals surface area contributed by atoms with Gasteiger partial charge in [0.15, 0.2) is 11.6 Å². The number of aromatic nitrogens is 2. The molecule has 1 N–H and O–H groups in total. The quantitative estimate of drug-likeness (QED) is 0.697. The maximum Gasteiger partial charge on any atom is 0.328 e. The third-order valence-corrected chi connectivity index (χ3v) is 3.88. The minimum atomic E-state index is -1.15. The normalized spacial score (nSPS) is 11.8. The average Bonchev–Trinajstić information content (AvgIpc) is 2.68. The molecule has 0 unspecified atom stereocenters. The first-order chi connectivity index (χ1) is 13.0. The highest BCUT2D eigenvalue weighted by atomic mass is 19.2. The Hall–Kier alpha value is -3.42. The monoisotopic (exact) mass is 371 g/mol. The molecule has 6 nitrogen and oxygen atoms in total. The van der Waals surface area contributed by atoms with Gasteiger partial charge < -0.3 is 10.1 Å². The molecule has 138 valence electrons. The molecule has 3 aromatic rings. The van der Waals surface area contributed by atoms with E-state index in [0.29, 0.717) is 16.7 Å². The van der Waals surface area contributed by atoms with Gasteiger partial charge in [-0.05, 0) is 30.3 Å². The van der Waals surface area contributed by atoms with Gasteiger partial charge >= 0.3 is 5.97 Å². The van der Waals surface area contributed by atoms with Crippen molar-refractivity contribution in [2.24, 2.45) is 0 Å². The van der Waals surface area contributed by atoms with Gasteiger partial charge in [0.2, 0.25) is 0 Å². The van der Waals surface area contributed by atoms with Crippen molar-refractivity contribution in [2.45, 2.75) is 12.5 Å². The molecule has 0 saturated carbocycles. The number of para-hydroxylation sites is 2. The van der Waals surface area contributed by atoms with Crippen molar-refractivity contribution in [3.05, 3.63) is 71.6 Å². The minimum Gasteiger partial charge on any atom is -0.467 e. The lowest BCUT2D eigenvalue weighted by Gasteiger charge is -2.16. The highest BCUT2D eigenvalue weighted by Crippen LogP contribution is 2.12. The molecular formula is C19H15F2N3O3. The third-order valence-electron chi connectivity index (χ3n) is 3.88. The van der Waals surface area contributed by atoms with Crippen LogP contribution in [0.3, 0.4) is 0 Å². The average molecular weight is 371 g/mol. The second-order valence-corrected chi connectivity index (χ2v) is 5.73. The number of nitrogens with one attached hydrogen (secondary N) is 1. The zero-order valence-electron chi connectivity index (χ0n) is 14.3. The van der Waals surface area contributed by atoms with E-state index in [2.05, 4.69) is 15.3 Å². The van der Waals surface area contributed by atoms with Crippen LogP contribution in [0, 0.1) is 11.6 Å². The Bertz CT molecular complexity index is 1010. The van der Waals surface area contributed by atoms with E-state index in [1.165, 1.54) is 13.3 Å². The van der Waals surface area contributed by atoms with Gasteiger partial charge in [-0.25, -0.2) is 18.6 Å². The molecule has 0 aliphatic heterocycles. The summed E-state index contributed by atoms with van der Waals surface area (Å²) in [6.07, 6.45) is 1.53. The standard InChI is InChI=1S/C19H15F2N3O3/c1-27-19(26)17(24-18(25)11-6-7-13(20)14(21)8-11)9-12-10-22-15-4-2-3-5-16(15)23-12/h2-8,10,17H,9H2,1H3,(H,24,25)/t17-/m1/s1. The molecule has 0 aliphatic carbocycles. The molecule has 3 rings (SSSR count). The van der Waals surface area contributed by atoms with Crippen molar-refractivity contribution in [1.82, 2.24) is 15.3 Å². The van der Waals surface area contributed by atoms with Crippen LogP contribution < -0.4 is 5.32 Å². The Labute approximate surface area is 153 Å². The van der Waals surface area contributed by atoms with E-state index in [0.717, 1.165) is 18.2 Å². The zero-order valence-corrected chi connectivity index (χ0v) is 14.3. The fraction of sp³-hybridized carbons (Fsp3) is 0.158. The van der Waals surface area contributed by atoms with Crippen molar-refractivity contribution in [2.75, 3.05) is 7.11 Å². The van der Waals surface area contributed by atoms with Crippen LogP contribution >= 0.6 is 0 Å². The van der Waals surface area contributed by atoms with Gasteiger partial charge in [-0.3, -0.25) is 9.78 Å². The van der Waals surface area contributed by atoms with Gasteiger partial charge in [-0.15, -0.1) is 0 Å². The van der Waals surface area contributed by atoms with Crippen LogP contribution in [-0.4, -0.2) is 35.0 Å². The Kier molecular flexibility index (Phi) is 5.35. The van der Waals surface area contributed by atoms with Crippen LogP contribution in [0.4, 0.5) is 8.78 Å². The van der Waals surface area contributed by atoms with E-state index < -0.39 is 29.6 Å². The number of hydrogen-bond acceptors (Lipinski definition) is 5. The lowest BCUT2D eigenvalue weighted by Crippen LogP contribution is -2.43. The third kappa shape index (κ3) is 4.22. The molecule has 1 amide bonds. The number of methoxy groups -OCH3 is 1. The first kappa shape index (κ1) is 18.4. The topological polar surface area (TPSA) is 81.2 Å². The van der Waals surface area contributed by atoms with Crippen LogP contribution in [-0.2, 0) is 16.0 Å². The summed E-state index contributed by atoms with van der Waals surface area (Å²) in [5.41, 5.74) is 1.69. The van der Waals surface area contributed by atoms with Crippen LogP contribution in [0.5, 0.6) is 0 Å². The summed E-state index contributed by atoms with van der Waals surface area (Å²) in [7, 11) is 1.19. The van der Waals surface area contributed by atoms with Gasteiger partial charge in [-0.1, -0.05) is 12.1 Å². The van der Waals surface area contributed by atoms with Gasteiger partial charge in [-0.2, -0.15) is 0 Å². The Morgan fingerprint density at radius 1 is 1.11 bits per heavy atom. The lowest BCUT2D eigenvalue weighted by molar-refractivity contribution is -0.142. The fourth-order valence-electron chi connectivity index (χ4n) is 2.52. The number of hydrogen-bond donors (Lipinski definition) is 1. The zero-order chi connectivity index (χ0) is 19.4. The molecule has 0 radical (unpaired) electrons. The number of esters is 1. The second-order valence-electron chi connectivity index (χ2n) is 5.73. The Morgan fingerprint density at radius 2 is 1.85 bits per heavy atom. The molecular weight excluding hydrogens is 356 g/mol. The largest absolute Gasteiger partial charge is 0.467 e. The van der Waals surface area contributed by atoms with E-state index in [1.54, 1.807) is 12.1 Å². The minimum absolute atomic E-state index is 0.0277. The number of amides is 1. The number of ether oxygens (including phenoxy) is 1. The molecule has 0 saturated heterocycles. The van der Waals surface area contributed by atoms with Crippen LogP contribution in [0.1, 0.15) is 16.1 Å². The summed E-state index contributed by atoms with van der Waals surface area (Å²) in [5, 5.41) is 2.46. The predicted octanol–water partition coefficient (Wildman–Crippen LogP) is 2.42. The number of carbonyl (C=O) groups is 2. The molecule has 0 spiro atoms. The van der Waals surface area contributed by atoms with Crippen molar-refractivity contribution in [1.29, 1.82) is 0 Å². The van der Waals surface area contributed by atoms with E-state index >= 15 is 0 Å². The summed E-state index contributed by atoms with van der Waals surface area (Å²) in [4.78, 5) is 33.0. The summed E-state index contributed by atoms with van der Waals surface area (Å²) < 4.78 is 31.1. The van der Waals surface area contributed by atoms with Crippen LogP contribution in [0.25, 0.3) is 11.0 Å². The number of fused-ring (bicyclic) bond motifs is 1. The van der Waals surface area contributed by atoms with E-state index in [9.17, 15) is 18.4 Å². The van der Waals surface area contributed by atoms with Gasteiger partial charge in [0.05, 0.1) is 23.8 Å². The number of nitrogens with zero attached hydrogens (tertiary/aromatic N) is 2. The lowest BCUT2D eigenvalue weighted by atomic mass is 10.1. The van der Waals surface area contributed by atoms with Gasteiger partial charge in [0, 0.05) is 18.2 Å². The van der Waals surface area contributed by atoms with Crippen molar-refractivity contribution in [3.8, 4) is 0 Å². The summed E-state index contributed by atoms with van der Waals surface area (Å²) in [6, 6.07) is 8.87. The highest BCUT2D eigenvalue weighted by molar-refractivity contribution is 5.96. The van der Waals surface area contributed by atoms with Crippen molar-refractivity contribution >= 4 is 22.9 Å². The number of rotatable bonds is 5. The van der Waals surface area contributed by atoms with E-state index in [-0.39, 0.29) is 12.0 Å². The summed E-state index contributed by atoms with van der Waals surface area (Å²) >= 11 is 0. The second kappa shape index (κ2) is 7.86. The Balaban J connectivity index is 1.81. The van der Waals surface area contributed by atoms with Crippen LogP contribution in [0.2, 0.25) is 0 Å². The van der Waals surface area contributed by atoms with Crippen molar-refractivity contribution in [3.63, 3.8) is 0 Å². The van der Waals surface area contributed by atoms with Crippen molar-refractivity contribution < 1.29 is 23.1 Å². The number of carbonyl (C=O) groups excluding carboxylic acids is 2. The molecule has 1 heterocycles. The molecule has 0 bridgehead atoms. The number of halogens is 2. The molecule has 0 aliphatic rings. The van der Waals surface area contributed by atoms with Gasteiger partial charge in [0.25, 0.3) is 5.91 Å². The molecule has 1 aromatic heterocycles. The molecule has 0 fully saturated rings. The molecule has 1 atom stereocenters. The SMILES string of the molecule is COC(=O)[C@@H](Cc1cnc2ccccc2n1)NC(=O)c1ccc(F)c(F)c1. The van der Waals surface area contributed by atoms with Crippen LogP contribution in [0.15, 0.2) is 48.7 Å². The van der Waals surface area contributed by atoms with E-state index in [1.807, 2.05) is 12.1 Å². The number of benzene rings is 2. The Morgan fingerprint density at radius 3 is 2.56 bits per heavy atom. The molecule has 27 heavy (non-hydrogen) atoms. The first-order valence-electron chi connectivity index (χ1n) is 8.02. The summed E-state index contributed by atoms with van der Waals surface area (Å²) in [6.45, 7) is 0. The smallest absolute Gasteiger partial charge is 0.328 e. The predicted molar refractivity (Wildman–Crippen MR) is 92.9 cm³/mol. The summed E-state index contributed by atoms with van der Waals surface area (Å²) in [5.74, 6) is -3.65.